The van der Waals surface area contributed by atoms with E-state index in [0.717, 1.165) is 13.1 Å². The van der Waals surface area contributed by atoms with Crippen LogP contribution in [0.15, 0.2) is 12.1 Å². The minimum absolute atomic E-state index is 1.13. The third kappa shape index (κ3) is 0.909. The van der Waals surface area contributed by atoms with E-state index in [-0.39, 0.29) is 0 Å². The Balaban J connectivity index is 2.60. The molecule has 0 spiro atoms. The van der Waals surface area contributed by atoms with Crippen molar-refractivity contribution >= 4 is 5.71 Å². The van der Waals surface area contributed by atoms with Crippen LogP contribution in [-0.4, -0.2) is 28.4 Å². The number of aromatic nitrogens is 1. The average Bonchev–Trinajstić information content (AvgIpc) is 2.41. The van der Waals surface area contributed by atoms with Gasteiger partial charge in [-0.1, -0.05) is 0 Å². The second-order valence-corrected chi connectivity index (χ2v) is 3.52. The van der Waals surface area contributed by atoms with Crippen LogP contribution in [0.25, 0.3) is 0 Å². The average molecular weight is 163 g/mol. The fraction of sp³-hybridized carbons (Fsp3) is 0.500. The molecule has 1 aliphatic heterocycles. The SMILES string of the molecule is CC1=[N+](C)CCn2c(C)ccc21. The summed E-state index contributed by atoms with van der Waals surface area (Å²) in [6, 6.07) is 4.40. The summed E-state index contributed by atoms with van der Waals surface area (Å²) in [5, 5.41) is 0. The van der Waals surface area contributed by atoms with E-state index in [0.29, 0.717) is 0 Å². The molecule has 0 aromatic carbocycles. The zero-order valence-electron chi connectivity index (χ0n) is 7.96. The molecule has 0 aliphatic carbocycles. The maximum absolute atomic E-state index is 2.38. The largest absolute Gasteiger partial charge is 0.334 e. The van der Waals surface area contributed by atoms with Crippen LogP contribution in [0.5, 0.6) is 0 Å². The van der Waals surface area contributed by atoms with Crippen molar-refractivity contribution in [1.82, 2.24) is 4.57 Å². The van der Waals surface area contributed by atoms with Gasteiger partial charge in [-0.2, -0.15) is 0 Å². The number of hydrogen-bond acceptors (Lipinski definition) is 0. The second-order valence-electron chi connectivity index (χ2n) is 3.52. The number of nitrogens with zero attached hydrogens (tertiary/aromatic N) is 2. The van der Waals surface area contributed by atoms with E-state index in [1.54, 1.807) is 0 Å². The molecule has 0 radical (unpaired) electrons. The van der Waals surface area contributed by atoms with Crippen molar-refractivity contribution in [2.45, 2.75) is 20.4 Å². The molecular weight excluding hydrogens is 148 g/mol. The normalized spacial score (nSPS) is 16.6. The minimum atomic E-state index is 1.13. The molecule has 64 valence electrons. The molecule has 1 aliphatic rings. The summed E-state index contributed by atoms with van der Waals surface area (Å²) in [7, 11) is 2.15. The highest BCUT2D eigenvalue weighted by Gasteiger charge is 2.19. The quantitative estimate of drug-likeness (QED) is 0.509. The number of fused-ring (bicyclic) bond motifs is 1. The van der Waals surface area contributed by atoms with Gasteiger partial charge in [-0.3, -0.25) is 0 Å². The van der Waals surface area contributed by atoms with Crippen LogP contribution in [0.1, 0.15) is 18.3 Å². The highest BCUT2D eigenvalue weighted by atomic mass is 15.1. The van der Waals surface area contributed by atoms with E-state index >= 15 is 0 Å². The summed E-state index contributed by atoms with van der Waals surface area (Å²) < 4.78 is 4.70. The van der Waals surface area contributed by atoms with Crippen LogP contribution in [0, 0.1) is 6.92 Å². The third-order valence-electron chi connectivity index (χ3n) is 2.80. The highest BCUT2D eigenvalue weighted by Crippen LogP contribution is 2.12. The van der Waals surface area contributed by atoms with Crippen LogP contribution < -0.4 is 0 Å². The predicted octanol–water partition coefficient (Wildman–Crippen LogP) is 1.26. The van der Waals surface area contributed by atoms with Gasteiger partial charge in [0.2, 0.25) is 0 Å². The van der Waals surface area contributed by atoms with E-state index in [1.807, 2.05) is 0 Å². The topological polar surface area (TPSA) is 7.94 Å². The van der Waals surface area contributed by atoms with Crippen LogP contribution in [0.4, 0.5) is 0 Å². The summed E-state index contributed by atoms with van der Waals surface area (Å²) in [6.45, 7) is 6.61. The molecule has 0 N–H and O–H groups in total. The van der Waals surface area contributed by atoms with Crippen molar-refractivity contribution in [3.8, 4) is 0 Å². The fourth-order valence-corrected chi connectivity index (χ4v) is 1.80. The van der Waals surface area contributed by atoms with Crippen molar-refractivity contribution in [2.24, 2.45) is 0 Å². The first-order chi connectivity index (χ1) is 5.70. The zero-order chi connectivity index (χ0) is 8.72. The molecule has 0 amide bonds. The molecule has 0 unspecified atom stereocenters. The number of rotatable bonds is 0. The molecule has 0 saturated heterocycles. The Bertz CT molecular complexity index is 345. The monoisotopic (exact) mass is 163 g/mol. The van der Waals surface area contributed by atoms with Crippen LogP contribution in [-0.2, 0) is 6.54 Å². The first kappa shape index (κ1) is 7.59. The lowest BCUT2D eigenvalue weighted by Gasteiger charge is -2.14. The molecule has 1 aromatic rings. The molecule has 0 bridgehead atoms. The second kappa shape index (κ2) is 2.47. The molecule has 1 aromatic heterocycles. The molecule has 2 rings (SSSR count). The van der Waals surface area contributed by atoms with Gasteiger partial charge in [-0.25, -0.2) is 4.58 Å². The van der Waals surface area contributed by atoms with Gasteiger partial charge in [0.05, 0.1) is 6.54 Å². The zero-order valence-corrected chi connectivity index (χ0v) is 7.96. The molecular formula is C10H15N2+. The van der Waals surface area contributed by atoms with Gasteiger partial charge in [0.15, 0.2) is 12.3 Å². The van der Waals surface area contributed by atoms with Gasteiger partial charge < -0.3 is 4.57 Å². The van der Waals surface area contributed by atoms with Crippen LogP contribution in [0.3, 0.4) is 0 Å². The van der Waals surface area contributed by atoms with Crippen molar-refractivity contribution in [3.05, 3.63) is 23.5 Å². The van der Waals surface area contributed by atoms with Gasteiger partial charge in [-0.15, -0.1) is 0 Å². The van der Waals surface area contributed by atoms with Crippen molar-refractivity contribution < 1.29 is 4.58 Å². The number of aryl methyl sites for hydroxylation is 1. The maximum Gasteiger partial charge on any atom is 0.196 e. The lowest BCUT2D eigenvalue weighted by molar-refractivity contribution is -0.501. The number of hydrogen-bond donors (Lipinski definition) is 0. The molecule has 2 nitrogen and oxygen atoms in total. The van der Waals surface area contributed by atoms with E-state index in [9.17, 15) is 0 Å². The first-order valence-electron chi connectivity index (χ1n) is 4.41. The van der Waals surface area contributed by atoms with Crippen LogP contribution in [0.2, 0.25) is 0 Å². The lowest BCUT2D eigenvalue weighted by Crippen LogP contribution is -2.29. The molecule has 2 heterocycles. The Morgan fingerprint density at radius 1 is 1.33 bits per heavy atom. The summed E-state index contributed by atoms with van der Waals surface area (Å²) in [5.74, 6) is 0. The van der Waals surface area contributed by atoms with E-state index in [1.165, 1.54) is 17.1 Å². The van der Waals surface area contributed by atoms with E-state index < -0.39 is 0 Å². The fourth-order valence-electron chi connectivity index (χ4n) is 1.80. The Kier molecular flexibility index (Phi) is 1.56. The third-order valence-corrected chi connectivity index (χ3v) is 2.80. The van der Waals surface area contributed by atoms with Crippen molar-refractivity contribution in [1.29, 1.82) is 0 Å². The first-order valence-corrected chi connectivity index (χ1v) is 4.41. The van der Waals surface area contributed by atoms with Crippen molar-refractivity contribution in [3.63, 3.8) is 0 Å². The summed E-state index contributed by atoms with van der Waals surface area (Å²) in [4.78, 5) is 0. The van der Waals surface area contributed by atoms with Crippen LogP contribution >= 0.6 is 0 Å². The molecule has 2 heteroatoms. The Morgan fingerprint density at radius 2 is 2.08 bits per heavy atom. The Morgan fingerprint density at radius 3 is 2.83 bits per heavy atom. The van der Waals surface area contributed by atoms with E-state index in [4.69, 9.17) is 0 Å². The maximum atomic E-state index is 2.38. The van der Waals surface area contributed by atoms with Gasteiger partial charge >= 0.3 is 0 Å². The molecule has 0 atom stereocenters. The van der Waals surface area contributed by atoms with Crippen molar-refractivity contribution in [2.75, 3.05) is 13.6 Å². The smallest absolute Gasteiger partial charge is 0.196 e. The van der Waals surface area contributed by atoms with Gasteiger partial charge in [0.25, 0.3) is 0 Å². The van der Waals surface area contributed by atoms with E-state index in [2.05, 4.69) is 42.2 Å². The number of likely N-dealkylation sites (N-methyl/N-ethyl adjacent to an activating group) is 1. The predicted molar refractivity (Wildman–Crippen MR) is 50.0 cm³/mol. The van der Waals surface area contributed by atoms with Gasteiger partial charge in [-0.05, 0) is 19.1 Å². The summed E-state index contributed by atoms with van der Waals surface area (Å²) in [5.41, 5.74) is 4.13. The minimum Gasteiger partial charge on any atom is -0.334 e. The Labute approximate surface area is 73.1 Å². The standard InChI is InChI=1S/C10H15N2/c1-8-4-5-10-9(2)11(3)6-7-12(8)10/h4-5H,6-7H2,1-3H3/q+1. The Hall–Kier alpha value is -1.05. The molecule has 0 fully saturated rings. The molecule has 12 heavy (non-hydrogen) atoms. The summed E-state index contributed by atoms with van der Waals surface area (Å²) >= 11 is 0. The summed E-state index contributed by atoms with van der Waals surface area (Å²) in [6.07, 6.45) is 0. The highest BCUT2D eigenvalue weighted by molar-refractivity contribution is 5.93. The van der Waals surface area contributed by atoms with Gasteiger partial charge in [0, 0.05) is 12.6 Å². The lowest BCUT2D eigenvalue weighted by atomic mass is 10.2. The molecule has 0 saturated carbocycles. The van der Waals surface area contributed by atoms with Gasteiger partial charge in [0.1, 0.15) is 12.7 Å².